The Bertz CT molecular complexity index is 855. The summed E-state index contributed by atoms with van der Waals surface area (Å²) in [6.07, 6.45) is 4.57. The molecule has 3 rings (SSSR count). The molecule has 0 aliphatic heterocycles. The van der Waals surface area contributed by atoms with Crippen LogP contribution in [0.1, 0.15) is 10.4 Å². The quantitative estimate of drug-likeness (QED) is 0.886. The highest BCUT2D eigenvalue weighted by atomic mass is 35.5. The minimum absolute atomic E-state index is 0.133. The van der Waals surface area contributed by atoms with E-state index in [9.17, 15) is 13.2 Å². The van der Waals surface area contributed by atoms with Gasteiger partial charge in [-0.1, -0.05) is 17.7 Å². The highest BCUT2D eigenvalue weighted by Crippen LogP contribution is 2.31. The van der Waals surface area contributed by atoms with Gasteiger partial charge in [0.15, 0.2) is 0 Å². The van der Waals surface area contributed by atoms with E-state index in [0.29, 0.717) is 10.7 Å². The topological polar surface area (TPSA) is 75.3 Å². The lowest BCUT2D eigenvalue weighted by Gasteiger charge is -2.07. The Kier molecular flexibility index (Phi) is 3.94. The van der Waals surface area contributed by atoms with Gasteiger partial charge >= 0.3 is 6.03 Å². The van der Waals surface area contributed by atoms with Crippen LogP contribution in [0.2, 0.25) is 5.02 Å². The van der Waals surface area contributed by atoms with E-state index in [2.05, 4.69) is 5.32 Å². The molecule has 8 heteroatoms. The average Bonchev–Trinajstić information content (AvgIpc) is 3.02. The Morgan fingerprint density at radius 1 is 1.23 bits per heavy atom. The second-order valence-corrected chi connectivity index (χ2v) is 8.06. The van der Waals surface area contributed by atoms with Crippen LogP contribution < -0.4 is 10.0 Å². The molecule has 0 radical (unpaired) electrons. The van der Waals surface area contributed by atoms with Gasteiger partial charge < -0.3 is 5.32 Å². The van der Waals surface area contributed by atoms with Crippen LogP contribution in [0.25, 0.3) is 6.08 Å². The Hall–Kier alpha value is -1.83. The number of anilines is 1. The lowest BCUT2D eigenvalue weighted by molar-refractivity contribution is 0.256. The number of urea groups is 1. The lowest BCUT2D eigenvalue weighted by Crippen LogP contribution is -2.33. The number of rotatable bonds is 3. The highest BCUT2D eigenvalue weighted by Gasteiger charge is 2.22. The smallest absolute Gasteiger partial charge is 0.307 e. The van der Waals surface area contributed by atoms with E-state index >= 15 is 0 Å². The van der Waals surface area contributed by atoms with Gasteiger partial charge in [0, 0.05) is 15.6 Å². The molecule has 0 saturated heterocycles. The number of carbonyl (C=O) groups excluding carboxylic acids is 1. The van der Waals surface area contributed by atoms with Crippen LogP contribution in [-0.4, -0.2) is 14.4 Å². The van der Waals surface area contributed by atoms with Gasteiger partial charge in [0.1, 0.15) is 4.21 Å². The van der Waals surface area contributed by atoms with E-state index in [1.807, 2.05) is 16.9 Å². The predicted octanol–water partition coefficient (Wildman–Crippen LogP) is 3.48. The number of benzene rings is 1. The van der Waals surface area contributed by atoms with E-state index in [-0.39, 0.29) is 4.21 Å². The molecule has 2 aromatic rings. The number of amides is 2. The number of hydrogen-bond acceptors (Lipinski definition) is 4. The molecule has 0 atom stereocenters. The van der Waals surface area contributed by atoms with Crippen LogP contribution in [-0.2, 0) is 16.4 Å². The first-order chi connectivity index (χ1) is 10.4. The fourth-order valence-electron chi connectivity index (χ4n) is 2.00. The van der Waals surface area contributed by atoms with Crippen molar-refractivity contribution in [2.75, 3.05) is 5.32 Å². The van der Waals surface area contributed by atoms with Crippen LogP contribution in [0, 0.1) is 0 Å². The molecule has 1 aromatic carbocycles. The third kappa shape index (κ3) is 3.16. The second kappa shape index (κ2) is 5.75. The third-order valence-corrected chi connectivity index (χ3v) is 6.22. The SMILES string of the molecule is O=C(Nc1ccc(Cl)cc1)NS(=O)(=O)c1cc2c(s1)C=CC2. The van der Waals surface area contributed by atoms with Crippen molar-refractivity contribution in [3.8, 4) is 0 Å². The Morgan fingerprint density at radius 3 is 2.64 bits per heavy atom. The van der Waals surface area contributed by atoms with Crippen LogP contribution >= 0.6 is 22.9 Å². The van der Waals surface area contributed by atoms with Crippen molar-refractivity contribution in [1.82, 2.24) is 4.72 Å². The molecule has 0 spiro atoms. The molecular weight excluding hydrogens is 344 g/mol. The molecule has 1 aromatic heterocycles. The summed E-state index contributed by atoms with van der Waals surface area (Å²) in [7, 11) is -3.87. The molecule has 0 unspecified atom stereocenters. The summed E-state index contributed by atoms with van der Waals surface area (Å²) in [5.41, 5.74) is 1.41. The van der Waals surface area contributed by atoms with E-state index in [4.69, 9.17) is 11.6 Å². The van der Waals surface area contributed by atoms with Crippen molar-refractivity contribution >= 4 is 50.8 Å². The van der Waals surface area contributed by atoms with Gasteiger partial charge in [-0.05, 0) is 48.4 Å². The maximum atomic E-state index is 12.2. The Morgan fingerprint density at radius 2 is 1.95 bits per heavy atom. The number of hydrogen-bond donors (Lipinski definition) is 2. The van der Waals surface area contributed by atoms with Crippen LogP contribution in [0.4, 0.5) is 10.5 Å². The summed E-state index contributed by atoms with van der Waals surface area (Å²) in [6.45, 7) is 0. The van der Waals surface area contributed by atoms with E-state index in [0.717, 1.165) is 28.2 Å². The first-order valence-corrected chi connectivity index (χ1v) is 9.00. The van der Waals surface area contributed by atoms with Crippen LogP contribution in [0.5, 0.6) is 0 Å². The Balaban J connectivity index is 1.71. The van der Waals surface area contributed by atoms with Crippen molar-refractivity contribution in [2.24, 2.45) is 0 Å². The maximum absolute atomic E-state index is 12.2. The number of thiophene rings is 1. The van der Waals surface area contributed by atoms with Crippen molar-refractivity contribution in [3.05, 3.63) is 51.9 Å². The molecule has 1 heterocycles. The van der Waals surface area contributed by atoms with Gasteiger partial charge in [-0.15, -0.1) is 11.3 Å². The number of allylic oxidation sites excluding steroid dienone is 1. The molecule has 1 aliphatic carbocycles. The van der Waals surface area contributed by atoms with Crippen LogP contribution in [0.15, 0.2) is 40.6 Å². The summed E-state index contributed by atoms with van der Waals surface area (Å²) in [5, 5.41) is 2.97. The minimum atomic E-state index is -3.87. The van der Waals surface area contributed by atoms with Gasteiger partial charge in [-0.2, -0.15) is 0 Å². The highest BCUT2D eigenvalue weighted by molar-refractivity contribution is 7.92. The van der Waals surface area contributed by atoms with Crippen molar-refractivity contribution in [1.29, 1.82) is 0 Å². The zero-order valence-corrected chi connectivity index (χ0v) is 13.6. The summed E-state index contributed by atoms with van der Waals surface area (Å²) in [4.78, 5) is 12.7. The number of sulfonamides is 1. The standard InChI is InChI=1S/C14H11ClN2O3S2/c15-10-4-6-11(7-5-10)16-14(18)17-22(19,20)13-8-9-2-1-3-12(9)21-13/h1,3-8H,2H2,(H2,16,17,18). The van der Waals surface area contributed by atoms with Gasteiger partial charge in [0.05, 0.1) is 0 Å². The van der Waals surface area contributed by atoms with Gasteiger partial charge in [0.2, 0.25) is 0 Å². The zero-order valence-electron chi connectivity index (χ0n) is 11.2. The molecule has 2 N–H and O–H groups in total. The first kappa shape index (κ1) is 15.1. The molecule has 22 heavy (non-hydrogen) atoms. The first-order valence-electron chi connectivity index (χ1n) is 6.33. The summed E-state index contributed by atoms with van der Waals surface area (Å²) < 4.78 is 26.5. The van der Waals surface area contributed by atoms with Gasteiger partial charge in [-0.25, -0.2) is 17.9 Å². The molecular formula is C14H11ClN2O3S2. The van der Waals surface area contributed by atoms with Crippen molar-refractivity contribution < 1.29 is 13.2 Å². The zero-order chi connectivity index (χ0) is 15.7. The lowest BCUT2D eigenvalue weighted by atomic mass is 10.3. The van der Waals surface area contributed by atoms with E-state index in [1.54, 1.807) is 30.3 Å². The van der Waals surface area contributed by atoms with E-state index in [1.165, 1.54) is 0 Å². The van der Waals surface area contributed by atoms with Crippen molar-refractivity contribution in [2.45, 2.75) is 10.6 Å². The normalized spacial score (nSPS) is 13.0. The average molecular weight is 355 g/mol. The third-order valence-electron chi connectivity index (χ3n) is 3.02. The summed E-state index contributed by atoms with van der Waals surface area (Å²) >= 11 is 6.89. The molecule has 0 saturated carbocycles. The number of nitrogens with one attached hydrogen (secondary N) is 2. The number of carbonyl (C=O) groups is 1. The van der Waals surface area contributed by atoms with E-state index < -0.39 is 16.1 Å². The minimum Gasteiger partial charge on any atom is -0.307 e. The molecule has 2 amide bonds. The second-order valence-electron chi connectivity index (χ2n) is 4.63. The maximum Gasteiger partial charge on any atom is 0.333 e. The largest absolute Gasteiger partial charge is 0.333 e. The molecule has 0 fully saturated rings. The predicted molar refractivity (Wildman–Crippen MR) is 87.8 cm³/mol. The summed E-state index contributed by atoms with van der Waals surface area (Å²) in [6, 6.07) is 7.14. The molecule has 0 bridgehead atoms. The molecule has 1 aliphatic rings. The monoisotopic (exact) mass is 354 g/mol. The fraction of sp³-hybridized carbons (Fsp3) is 0.0714. The Labute approximate surface area is 136 Å². The fourth-order valence-corrected chi connectivity index (χ4v) is 4.51. The van der Waals surface area contributed by atoms with Crippen LogP contribution in [0.3, 0.4) is 0 Å². The molecule has 114 valence electrons. The van der Waals surface area contributed by atoms with Crippen molar-refractivity contribution in [3.63, 3.8) is 0 Å². The van der Waals surface area contributed by atoms with Gasteiger partial charge in [-0.3, -0.25) is 0 Å². The number of fused-ring (bicyclic) bond motifs is 1. The summed E-state index contributed by atoms with van der Waals surface area (Å²) in [5.74, 6) is 0. The van der Waals surface area contributed by atoms with Gasteiger partial charge in [0.25, 0.3) is 10.0 Å². The molecule has 5 nitrogen and oxygen atoms in total. The number of halogens is 1.